The summed E-state index contributed by atoms with van der Waals surface area (Å²) in [5.41, 5.74) is 0. The number of carbonyl (C=O) groups excluding carboxylic acids is 3. The van der Waals surface area contributed by atoms with Crippen molar-refractivity contribution in [3.8, 4) is 0 Å². The van der Waals surface area contributed by atoms with E-state index in [1.54, 1.807) is 0 Å². The van der Waals surface area contributed by atoms with Gasteiger partial charge in [0.05, 0.1) is 26.4 Å². The number of hydrogen-bond donors (Lipinski definition) is 4. The first-order chi connectivity index (χ1) is 56.2. The molecule has 4 N–H and O–H groups in total. The number of phosphoric acid groups is 2. The van der Waals surface area contributed by atoms with E-state index >= 15 is 0 Å². The summed E-state index contributed by atoms with van der Waals surface area (Å²) in [7, 11) is -9.82. The molecule has 0 amide bonds. The van der Waals surface area contributed by atoms with E-state index in [4.69, 9.17) is 32.3 Å². The second-order valence-electron chi connectivity index (χ2n) is 30.4. The lowest BCUT2D eigenvalue weighted by Gasteiger charge is -2.21. The fraction of sp³-hybridized carbons (Fsp3) is 0.701. The predicted molar refractivity (Wildman–Crippen MR) is 482 cm³/mol. The van der Waals surface area contributed by atoms with Crippen molar-refractivity contribution in [1.29, 1.82) is 0 Å². The van der Waals surface area contributed by atoms with Crippen LogP contribution in [0.1, 0.15) is 380 Å². The summed E-state index contributed by atoms with van der Waals surface area (Å²) in [6, 6.07) is 0. The second-order valence-corrected chi connectivity index (χ2v) is 33.3. The minimum absolute atomic E-state index is 0.0882. The Balaban J connectivity index is 4.65. The highest BCUT2D eigenvalue weighted by Crippen LogP contribution is 2.45. The van der Waals surface area contributed by atoms with Gasteiger partial charge in [-0.05, 0) is 154 Å². The van der Waals surface area contributed by atoms with Crippen LogP contribution in [0.15, 0.2) is 158 Å². The average Bonchev–Trinajstić information content (AvgIpc) is 0.906. The van der Waals surface area contributed by atoms with Crippen LogP contribution in [0.3, 0.4) is 0 Å². The van der Waals surface area contributed by atoms with Gasteiger partial charge in [-0.25, -0.2) is 9.13 Å². The molecule has 5 unspecified atom stereocenters. The van der Waals surface area contributed by atoms with E-state index in [9.17, 15) is 43.5 Å². The third kappa shape index (κ3) is 89.8. The Bertz CT molecular complexity index is 2720. The number of hydrogen-bond acceptors (Lipinski definition) is 14. The normalized spacial score (nSPS) is 14.5. The molecule has 0 heterocycles. The first kappa shape index (κ1) is 110. The highest BCUT2D eigenvalue weighted by atomic mass is 31.2. The lowest BCUT2D eigenvalue weighted by Crippen LogP contribution is -2.30. The number of esters is 3. The molecule has 0 aliphatic carbocycles. The van der Waals surface area contributed by atoms with Crippen molar-refractivity contribution in [1.82, 2.24) is 0 Å². The van der Waals surface area contributed by atoms with Crippen molar-refractivity contribution in [3.05, 3.63) is 158 Å². The van der Waals surface area contributed by atoms with Gasteiger partial charge in [0.15, 0.2) is 6.10 Å². The summed E-state index contributed by atoms with van der Waals surface area (Å²) in [5, 5.41) is 20.7. The molecule has 0 bridgehead atoms. The highest BCUT2D eigenvalue weighted by Gasteiger charge is 2.29. The molecule has 0 aliphatic rings. The van der Waals surface area contributed by atoms with Crippen molar-refractivity contribution < 1.29 is 75.8 Å². The van der Waals surface area contributed by atoms with Gasteiger partial charge in [0.2, 0.25) is 0 Å². The van der Waals surface area contributed by atoms with Crippen LogP contribution in [0.5, 0.6) is 0 Å². The fourth-order valence-corrected chi connectivity index (χ4v) is 13.9. The number of unbranched alkanes of at least 4 members (excludes halogenated alkanes) is 37. The van der Waals surface area contributed by atoms with E-state index in [2.05, 4.69) is 179 Å². The van der Waals surface area contributed by atoms with E-state index in [0.29, 0.717) is 19.3 Å². The second kappa shape index (κ2) is 88.5. The zero-order chi connectivity index (χ0) is 83.6. The molecule has 18 heteroatoms. The van der Waals surface area contributed by atoms with Gasteiger partial charge >= 0.3 is 33.6 Å². The van der Waals surface area contributed by atoms with Gasteiger partial charge in [-0.2, -0.15) is 0 Å². The van der Waals surface area contributed by atoms with Crippen LogP contribution in [0, 0.1) is 0 Å². The molecule has 0 radical (unpaired) electrons. The maximum atomic E-state index is 13.1. The van der Waals surface area contributed by atoms with Crippen LogP contribution in [0.2, 0.25) is 0 Å². The zero-order valence-corrected chi connectivity index (χ0v) is 74.5. The van der Waals surface area contributed by atoms with Crippen LogP contribution >= 0.6 is 15.6 Å². The Labute approximate surface area is 701 Å². The maximum Gasteiger partial charge on any atom is 0.472 e. The van der Waals surface area contributed by atoms with Crippen molar-refractivity contribution in [2.75, 3.05) is 39.6 Å². The van der Waals surface area contributed by atoms with Crippen molar-refractivity contribution >= 4 is 33.6 Å². The molecule has 0 aromatic carbocycles. The fourth-order valence-electron chi connectivity index (χ4n) is 12.3. The quantitative estimate of drug-likeness (QED) is 0.0146. The molecule has 16 nitrogen and oxygen atoms in total. The molecule has 0 spiro atoms. The Morgan fingerprint density at radius 2 is 0.461 bits per heavy atom. The van der Waals surface area contributed by atoms with Crippen molar-refractivity contribution in [2.24, 2.45) is 0 Å². The van der Waals surface area contributed by atoms with Crippen LogP contribution in [-0.2, 0) is 55.8 Å². The SMILES string of the molecule is CC/C=C\C/C=C\C/C=C\C/C=C\C/C=C\CCCCCCCCCCCCCCCC(=O)OCC(O)COP(=O)(O)OCC(O)COP(=O)(O)OCC(COC(=O)CCCCCCCCCCCCC/C=C\C/C=C\C/C=C\C/C=C\CCCCC)OC(=O)CCCCCCCCC/C=C\C/C=C\C/C=C\C/C=C\CCCCC. The van der Waals surface area contributed by atoms with E-state index < -0.39 is 91.5 Å². The van der Waals surface area contributed by atoms with E-state index in [1.807, 2.05) is 0 Å². The summed E-state index contributed by atoms with van der Waals surface area (Å²) < 4.78 is 61.5. The molecule has 5 atom stereocenters. The molecular weight excluding hydrogens is 1480 g/mol. The third-order valence-electron chi connectivity index (χ3n) is 19.2. The average molecular weight is 1650 g/mol. The van der Waals surface area contributed by atoms with Crippen molar-refractivity contribution in [3.63, 3.8) is 0 Å². The summed E-state index contributed by atoms with van der Waals surface area (Å²) in [4.78, 5) is 59.0. The van der Waals surface area contributed by atoms with Gasteiger partial charge in [0, 0.05) is 19.3 Å². The highest BCUT2D eigenvalue weighted by molar-refractivity contribution is 7.47. The summed E-state index contributed by atoms with van der Waals surface area (Å²) in [5.74, 6) is -1.58. The predicted octanol–water partition coefficient (Wildman–Crippen LogP) is 28.1. The van der Waals surface area contributed by atoms with Crippen LogP contribution < -0.4 is 0 Å². The Morgan fingerprint density at radius 3 is 0.730 bits per heavy atom. The lowest BCUT2D eigenvalue weighted by atomic mass is 10.0. The van der Waals surface area contributed by atoms with Crippen LogP contribution in [0.25, 0.3) is 0 Å². The van der Waals surface area contributed by atoms with Crippen LogP contribution in [-0.4, -0.2) is 95.9 Å². The molecule has 0 fully saturated rings. The van der Waals surface area contributed by atoms with E-state index in [1.165, 1.54) is 148 Å². The first-order valence-corrected chi connectivity index (χ1v) is 48.8. The van der Waals surface area contributed by atoms with Gasteiger partial charge in [-0.1, -0.05) is 365 Å². The summed E-state index contributed by atoms with van der Waals surface area (Å²) in [6.45, 7) is 2.54. The number of carbonyl (C=O) groups is 3. The van der Waals surface area contributed by atoms with Crippen molar-refractivity contribution in [2.45, 2.75) is 399 Å². The molecule has 115 heavy (non-hydrogen) atoms. The standard InChI is InChI=1S/C97H166O16P2/c1-4-7-10-13-16-19-22-25-28-31-34-37-40-42-44-45-47-49-51-53-56-59-62-65-68-71-74-77-80-83-95(100)107-86-92(98)87-109-114(103,104)110-88-93(99)89-111-115(105,106)112-91-94(113-97(102)85-82-79-76-73-70-67-64-61-58-55-50-39-36-33-30-27-24-21-18-15-12-9-6-3)90-108-96(101)84-81-78-75-72-69-66-63-60-57-54-52-48-46-43-41-38-35-32-29-26-23-20-17-14-11-8-5-2/h7,10,16-21,25-30,34-39,42-44,46,55,58,92-94,98-99H,4-6,8-9,11-15,22-24,31-33,40-41,45,47-54,56-57,59-91H2,1-3H3,(H,103,104)(H,105,106)/b10-7-,19-16-,20-17-,21-18-,28-25-,29-26-,30-27-,37-34-,38-35-,39-36-,44-42-,46-43-,58-55-. The maximum absolute atomic E-state index is 13.1. The number of ether oxygens (including phenoxy) is 3. The molecule has 0 aromatic heterocycles. The third-order valence-corrected chi connectivity index (χ3v) is 21.1. The molecular formula is C97H166O16P2. The van der Waals surface area contributed by atoms with Crippen LogP contribution in [0.4, 0.5) is 0 Å². The van der Waals surface area contributed by atoms with Gasteiger partial charge < -0.3 is 34.2 Å². The van der Waals surface area contributed by atoms with E-state index in [0.717, 1.165) is 173 Å². The topological polar surface area (TPSA) is 231 Å². The monoisotopic (exact) mass is 1650 g/mol. The van der Waals surface area contributed by atoms with Gasteiger partial charge in [0.1, 0.15) is 25.4 Å². The number of phosphoric ester groups is 2. The van der Waals surface area contributed by atoms with Gasteiger partial charge in [-0.15, -0.1) is 0 Å². The summed E-state index contributed by atoms with van der Waals surface area (Å²) >= 11 is 0. The van der Waals surface area contributed by atoms with E-state index in [-0.39, 0.29) is 19.3 Å². The largest absolute Gasteiger partial charge is 0.472 e. The first-order valence-electron chi connectivity index (χ1n) is 45.8. The molecule has 0 saturated carbocycles. The molecule has 0 rings (SSSR count). The Morgan fingerprint density at radius 1 is 0.252 bits per heavy atom. The molecule has 0 aliphatic heterocycles. The number of allylic oxidation sites excluding steroid dienone is 26. The lowest BCUT2D eigenvalue weighted by molar-refractivity contribution is -0.161. The molecule has 0 aromatic rings. The number of aliphatic hydroxyl groups excluding tert-OH is 2. The minimum Gasteiger partial charge on any atom is -0.463 e. The van der Waals surface area contributed by atoms with Gasteiger partial charge in [0.25, 0.3) is 0 Å². The van der Waals surface area contributed by atoms with Gasteiger partial charge in [-0.3, -0.25) is 32.5 Å². The molecule has 660 valence electrons. The Hall–Kier alpha value is -4.83. The number of aliphatic hydroxyl groups is 2. The molecule has 0 saturated heterocycles. The zero-order valence-electron chi connectivity index (χ0n) is 72.7. The number of rotatable bonds is 86. The smallest absolute Gasteiger partial charge is 0.463 e. The summed E-state index contributed by atoms with van der Waals surface area (Å²) in [6.07, 6.45) is 113. The minimum atomic E-state index is -4.95. The Kier molecular flexibility index (Phi) is 84.7.